The Labute approximate surface area is 165 Å². The average molecular weight is 374 g/mol. The van der Waals surface area contributed by atoms with E-state index in [0.717, 1.165) is 35.6 Å². The zero-order chi connectivity index (χ0) is 19.9. The molecule has 2 heterocycles. The van der Waals surface area contributed by atoms with Crippen molar-refractivity contribution < 1.29 is 5.11 Å². The molecule has 0 saturated carbocycles. The van der Waals surface area contributed by atoms with E-state index in [0.29, 0.717) is 0 Å². The van der Waals surface area contributed by atoms with Crippen LogP contribution in [-0.2, 0) is 12.8 Å². The third-order valence-electron chi connectivity index (χ3n) is 4.72. The first kappa shape index (κ1) is 19.4. The molecule has 0 aliphatic carbocycles. The van der Waals surface area contributed by atoms with Crippen LogP contribution in [0.2, 0.25) is 0 Å². The number of hydrogen-bond acceptors (Lipinski definition) is 3. The van der Waals surface area contributed by atoms with E-state index in [-0.39, 0.29) is 5.75 Å². The summed E-state index contributed by atoms with van der Waals surface area (Å²) in [5.41, 5.74) is 5.78. The first-order chi connectivity index (χ1) is 13.7. The number of benzene rings is 2. The molecule has 5 heteroatoms. The monoisotopic (exact) mass is 374 g/mol. The first-order valence-corrected chi connectivity index (χ1v) is 9.54. The number of rotatable bonds is 4. The summed E-state index contributed by atoms with van der Waals surface area (Å²) in [4.78, 5) is 14.6. The van der Waals surface area contributed by atoms with Gasteiger partial charge in [-0.1, -0.05) is 44.2 Å². The molecule has 0 radical (unpaired) electrons. The Hall–Kier alpha value is -3.34. The molecule has 144 valence electrons. The van der Waals surface area contributed by atoms with Gasteiger partial charge in [0.2, 0.25) is 0 Å². The Morgan fingerprint density at radius 2 is 1.32 bits per heavy atom. The first-order valence-electron chi connectivity index (χ1n) is 9.54. The number of phenolic OH excluding ortho intramolecular Hbond substituents is 1. The number of nitrogens with zero attached hydrogens (tertiary/aromatic N) is 2. The van der Waals surface area contributed by atoms with Gasteiger partial charge in [-0.3, -0.25) is 0 Å². The standard InChI is InChI=1S/C12H14N2.C11H12N2O/c1-3-10-6-4-5-9(2)11(10)12-13-7-8-14-12;1-2-8-4-3-5-9(14)10(8)11-12-6-7-13-11/h4-8H,3H2,1-2H3,(H,13,14);3-7,14H,2H2,1H3,(H,12,13). The lowest BCUT2D eigenvalue weighted by atomic mass is 10.00. The lowest BCUT2D eigenvalue weighted by Crippen LogP contribution is -1.92. The minimum atomic E-state index is 0.277. The highest BCUT2D eigenvalue weighted by Crippen LogP contribution is 2.30. The second-order valence-corrected chi connectivity index (χ2v) is 6.50. The van der Waals surface area contributed by atoms with Crippen LogP contribution in [0.25, 0.3) is 22.8 Å². The lowest BCUT2D eigenvalue weighted by Gasteiger charge is -2.08. The Morgan fingerprint density at radius 3 is 1.86 bits per heavy atom. The topological polar surface area (TPSA) is 77.6 Å². The van der Waals surface area contributed by atoms with Crippen molar-refractivity contribution in [3.63, 3.8) is 0 Å². The van der Waals surface area contributed by atoms with Gasteiger partial charge in [-0.25, -0.2) is 9.97 Å². The van der Waals surface area contributed by atoms with Crippen LogP contribution in [-0.4, -0.2) is 25.0 Å². The van der Waals surface area contributed by atoms with E-state index < -0.39 is 0 Å². The molecule has 0 amide bonds. The van der Waals surface area contributed by atoms with E-state index >= 15 is 0 Å². The van der Waals surface area contributed by atoms with Gasteiger partial charge in [-0.05, 0) is 42.5 Å². The Kier molecular flexibility index (Phi) is 6.27. The van der Waals surface area contributed by atoms with Crippen LogP contribution in [0.4, 0.5) is 0 Å². The highest BCUT2D eigenvalue weighted by atomic mass is 16.3. The number of aromatic amines is 2. The molecule has 4 rings (SSSR count). The number of H-pyrrole nitrogens is 2. The predicted octanol–water partition coefficient (Wildman–Crippen LogP) is 5.29. The van der Waals surface area contributed by atoms with Gasteiger partial charge in [0, 0.05) is 30.4 Å². The minimum Gasteiger partial charge on any atom is -0.507 e. The van der Waals surface area contributed by atoms with Crippen molar-refractivity contribution in [2.75, 3.05) is 0 Å². The average Bonchev–Trinajstić information content (AvgIpc) is 3.42. The van der Waals surface area contributed by atoms with Gasteiger partial charge >= 0.3 is 0 Å². The molecule has 0 atom stereocenters. The molecule has 0 spiro atoms. The van der Waals surface area contributed by atoms with Crippen molar-refractivity contribution in [2.24, 2.45) is 0 Å². The highest BCUT2D eigenvalue weighted by Gasteiger charge is 2.10. The van der Waals surface area contributed by atoms with E-state index in [1.807, 2.05) is 18.3 Å². The van der Waals surface area contributed by atoms with E-state index in [9.17, 15) is 5.11 Å². The number of hydrogen-bond donors (Lipinski definition) is 3. The van der Waals surface area contributed by atoms with Crippen LogP contribution in [0.5, 0.6) is 5.75 Å². The molecular weight excluding hydrogens is 348 g/mol. The van der Waals surface area contributed by atoms with E-state index in [1.165, 1.54) is 16.7 Å². The maximum absolute atomic E-state index is 9.73. The number of aromatic nitrogens is 4. The van der Waals surface area contributed by atoms with Crippen molar-refractivity contribution in [1.82, 2.24) is 19.9 Å². The summed E-state index contributed by atoms with van der Waals surface area (Å²) in [5.74, 6) is 1.97. The van der Waals surface area contributed by atoms with Gasteiger partial charge in [-0.2, -0.15) is 0 Å². The molecule has 2 aromatic heterocycles. The highest BCUT2D eigenvalue weighted by molar-refractivity contribution is 5.68. The van der Waals surface area contributed by atoms with Gasteiger partial charge in [0.05, 0.1) is 5.56 Å². The van der Waals surface area contributed by atoms with Gasteiger partial charge in [0.1, 0.15) is 17.4 Å². The zero-order valence-corrected chi connectivity index (χ0v) is 16.5. The molecule has 0 bridgehead atoms. The third kappa shape index (κ3) is 4.14. The van der Waals surface area contributed by atoms with Crippen molar-refractivity contribution in [2.45, 2.75) is 33.6 Å². The summed E-state index contributed by atoms with van der Waals surface area (Å²) in [6.45, 7) is 6.35. The fraction of sp³-hybridized carbons (Fsp3) is 0.217. The second-order valence-electron chi connectivity index (χ2n) is 6.50. The van der Waals surface area contributed by atoms with Gasteiger partial charge < -0.3 is 15.1 Å². The largest absolute Gasteiger partial charge is 0.507 e. The Morgan fingerprint density at radius 1 is 0.786 bits per heavy atom. The second kappa shape index (κ2) is 9.04. The maximum atomic E-state index is 9.73. The predicted molar refractivity (Wildman–Crippen MR) is 113 cm³/mol. The summed E-state index contributed by atoms with van der Waals surface area (Å²) >= 11 is 0. The minimum absolute atomic E-state index is 0.277. The van der Waals surface area contributed by atoms with Crippen LogP contribution in [0.1, 0.15) is 30.5 Å². The summed E-state index contributed by atoms with van der Waals surface area (Å²) in [6, 6.07) is 11.9. The van der Waals surface area contributed by atoms with Crippen molar-refractivity contribution in [1.29, 1.82) is 0 Å². The SMILES string of the molecule is CCc1cccc(C)c1-c1ncc[nH]1.CCc1cccc(O)c1-c1ncc[nH]1. The quantitative estimate of drug-likeness (QED) is 0.454. The third-order valence-corrected chi connectivity index (χ3v) is 4.72. The molecule has 4 aromatic rings. The number of aromatic hydroxyl groups is 1. The Balaban J connectivity index is 0.000000161. The van der Waals surface area contributed by atoms with E-state index in [2.05, 4.69) is 58.9 Å². The maximum Gasteiger partial charge on any atom is 0.141 e. The molecule has 5 nitrogen and oxygen atoms in total. The van der Waals surface area contributed by atoms with E-state index in [4.69, 9.17) is 0 Å². The number of nitrogens with one attached hydrogen (secondary N) is 2. The summed E-state index contributed by atoms with van der Waals surface area (Å²) < 4.78 is 0. The summed E-state index contributed by atoms with van der Waals surface area (Å²) in [6.07, 6.45) is 9.01. The van der Waals surface area contributed by atoms with Gasteiger partial charge in [0.15, 0.2) is 0 Å². The van der Waals surface area contributed by atoms with Gasteiger partial charge in [-0.15, -0.1) is 0 Å². The molecule has 0 unspecified atom stereocenters. The number of aryl methyl sites for hydroxylation is 3. The normalized spacial score (nSPS) is 10.4. The van der Waals surface area contributed by atoms with Crippen LogP contribution in [0.3, 0.4) is 0 Å². The van der Waals surface area contributed by atoms with Crippen molar-refractivity contribution >= 4 is 0 Å². The van der Waals surface area contributed by atoms with Crippen LogP contribution >= 0.6 is 0 Å². The van der Waals surface area contributed by atoms with Crippen molar-refractivity contribution in [3.05, 3.63) is 77.9 Å². The molecule has 0 aliphatic rings. The van der Waals surface area contributed by atoms with Crippen LogP contribution in [0.15, 0.2) is 61.2 Å². The zero-order valence-electron chi connectivity index (χ0n) is 16.5. The van der Waals surface area contributed by atoms with Crippen molar-refractivity contribution in [3.8, 4) is 28.5 Å². The van der Waals surface area contributed by atoms with Crippen LogP contribution < -0.4 is 0 Å². The molecule has 2 aromatic carbocycles. The summed E-state index contributed by atoms with van der Waals surface area (Å²) in [7, 11) is 0. The fourth-order valence-corrected chi connectivity index (χ4v) is 3.32. The lowest BCUT2D eigenvalue weighted by molar-refractivity contribution is 0.476. The molecule has 0 saturated heterocycles. The number of imidazole rings is 2. The summed E-state index contributed by atoms with van der Waals surface area (Å²) in [5, 5.41) is 9.73. The smallest absolute Gasteiger partial charge is 0.141 e. The fourth-order valence-electron chi connectivity index (χ4n) is 3.32. The number of phenols is 1. The van der Waals surface area contributed by atoms with Crippen LogP contribution in [0, 0.1) is 6.92 Å². The van der Waals surface area contributed by atoms with Gasteiger partial charge in [0.25, 0.3) is 0 Å². The molecule has 0 aliphatic heterocycles. The van der Waals surface area contributed by atoms with E-state index in [1.54, 1.807) is 24.7 Å². The molecule has 28 heavy (non-hydrogen) atoms. The molecule has 0 fully saturated rings. The molecule has 3 N–H and O–H groups in total. The Bertz CT molecular complexity index is 922. The molecular formula is C23H26N4O.